The topological polar surface area (TPSA) is 33.4 Å². The Kier molecular flexibility index (Phi) is 2.92. The second-order valence-corrected chi connectivity index (χ2v) is 6.06. The van der Waals surface area contributed by atoms with E-state index in [1.165, 1.54) is 12.1 Å². The van der Waals surface area contributed by atoms with Crippen molar-refractivity contribution in [3.8, 4) is 0 Å². The van der Waals surface area contributed by atoms with Crippen LogP contribution in [0.5, 0.6) is 0 Å². The molecule has 0 aliphatic rings. The third-order valence-corrected chi connectivity index (χ3v) is 4.12. The molecule has 0 radical (unpaired) electrons. The molecule has 1 atom stereocenters. The molecule has 98 valence electrons. The number of aliphatic hydroxyl groups is 1. The number of aryl methyl sites for hydroxylation is 2. The van der Waals surface area contributed by atoms with Crippen molar-refractivity contribution in [2.45, 2.75) is 20.0 Å². The van der Waals surface area contributed by atoms with E-state index in [1.54, 1.807) is 23.5 Å². The molecule has 0 saturated heterocycles. The van der Waals surface area contributed by atoms with Crippen molar-refractivity contribution >= 4 is 22.3 Å². The highest BCUT2D eigenvalue weighted by molar-refractivity contribution is 7.12. The predicted molar refractivity (Wildman–Crippen MR) is 74.0 cm³/mol. The Morgan fingerprint density at radius 3 is 2.68 bits per heavy atom. The summed E-state index contributed by atoms with van der Waals surface area (Å²) in [5.74, 6) is 0.137. The quantitative estimate of drug-likeness (QED) is 0.755. The number of benzene rings is 1. The zero-order chi connectivity index (χ0) is 13.6. The van der Waals surface area contributed by atoms with Gasteiger partial charge in [0.2, 0.25) is 0 Å². The minimum Gasteiger partial charge on any atom is -0.458 e. The van der Waals surface area contributed by atoms with E-state index >= 15 is 0 Å². The highest BCUT2D eigenvalue weighted by Crippen LogP contribution is 2.33. The first kappa shape index (κ1) is 12.4. The molecule has 3 aromatic rings. The van der Waals surface area contributed by atoms with Crippen LogP contribution in [0.15, 0.2) is 34.7 Å². The van der Waals surface area contributed by atoms with Crippen molar-refractivity contribution in [2.75, 3.05) is 0 Å². The van der Waals surface area contributed by atoms with Crippen LogP contribution >= 0.6 is 11.3 Å². The lowest BCUT2D eigenvalue weighted by Crippen LogP contribution is -1.97. The lowest BCUT2D eigenvalue weighted by molar-refractivity contribution is 0.192. The van der Waals surface area contributed by atoms with Gasteiger partial charge in [0.1, 0.15) is 23.3 Å². The molecule has 0 amide bonds. The molecule has 0 saturated carbocycles. The van der Waals surface area contributed by atoms with E-state index < -0.39 is 6.10 Å². The Bertz CT molecular complexity index is 742. The Hall–Kier alpha value is -1.65. The van der Waals surface area contributed by atoms with E-state index in [0.717, 1.165) is 15.3 Å². The molecule has 1 N–H and O–H groups in total. The zero-order valence-electron chi connectivity index (χ0n) is 10.6. The number of hydrogen-bond donors (Lipinski definition) is 1. The van der Waals surface area contributed by atoms with Gasteiger partial charge >= 0.3 is 0 Å². The van der Waals surface area contributed by atoms with Crippen molar-refractivity contribution in [2.24, 2.45) is 0 Å². The van der Waals surface area contributed by atoms with Crippen LogP contribution in [0.4, 0.5) is 4.39 Å². The van der Waals surface area contributed by atoms with Gasteiger partial charge in [-0.15, -0.1) is 11.3 Å². The van der Waals surface area contributed by atoms with E-state index in [-0.39, 0.29) is 5.82 Å². The van der Waals surface area contributed by atoms with Gasteiger partial charge in [0.15, 0.2) is 0 Å². The fourth-order valence-electron chi connectivity index (χ4n) is 2.24. The van der Waals surface area contributed by atoms with E-state index in [2.05, 4.69) is 0 Å². The fourth-order valence-corrected chi connectivity index (χ4v) is 3.20. The van der Waals surface area contributed by atoms with Gasteiger partial charge in [-0.05, 0) is 44.2 Å². The van der Waals surface area contributed by atoms with Gasteiger partial charge in [-0.3, -0.25) is 0 Å². The van der Waals surface area contributed by atoms with Crippen molar-refractivity contribution in [1.29, 1.82) is 0 Å². The number of thiophene rings is 1. The third-order valence-electron chi connectivity index (χ3n) is 3.14. The van der Waals surface area contributed by atoms with E-state index in [0.29, 0.717) is 16.7 Å². The van der Waals surface area contributed by atoms with Gasteiger partial charge in [-0.2, -0.15) is 0 Å². The first-order valence-electron chi connectivity index (χ1n) is 5.98. The lowest BCUT2D eigenvalue weighted by Gasteiger charge is -2.06. The maximum absolute atomic E-state index is 13.1. The summed E-state index contributed by atoms with van der Waals surface area (Å²) in [7, 11) is 0. The first-order valence-corrected chi connectivity index (χ1v) is 6.80. The molecule has 1 unspecified atom stereocenters. The normalized spacial score (nSPS) is 13.1. The average Bonchev–Trinajstić information content (AvgIpc) is 2.91. The van der Waals surface area contributed by atoms with Gasteiger partial charge in [-0.25, -0.2) is 4.39 Å². The summed E-state index contributed by atoms with van der Waals surface area (Å²) in [6, 6.07) is 7.98. The molecular weight excluding hydrogens is 263 g/mol. The molecule has 4 heteroatoms. The van der Waals surface area contributed by atoms with Gasteiger partial charge < -0.3 is 9.52 Å². The van der Waals surface area contributed by atoms with Crippen LogP contribution in [0, 0.1) is 19.7 Å². The number of fused-ring (bicyclic) bond motifs is 1. The van der Waals surface area contributed by atoms with Crippen LogP contribution in [0.25, 0.3) is 11.0 Å². The minimum atomic E-state index is -0.805. The second kappa shape index (κ2) is 4.47. The van der Waals surface area contributed by atoms with Gasteiger partial charge in [-0.1, -0.05) is 0 Å². The molecule has 0 fully saturated rings. The van der Waals surface area contributed by atoms with Crippen molar-refractivity contribution in [3.05, 3.63) is 57.2 Å². The molecule has 0 aliphatic carbocycles. The number of halogens is 1. The molecule has 2 nitrogen and oxygen atoms in total. The number of aliphatic hydroxyl groups excluding tert-OH is 1. The molecule has 2 aromatic heterocycles. The smallest absolute Gasteiger partial charge is 0.138 e. The largest absolute Gasteiger partial charge is 0.458 e. The van der Waals surface area contributed by atoms with E-state index in [4.69, 9.17) is 4.42 Å². The van der Waals surface area contributed by atoms with E-state index in [1.807, 2.05) is 19.9 Å². The van der Waals surface area contributed by atoms with Crippen molar-refractivity contribution in [1.82, 2.24) is 0 Å². The molecule has 0 spiro atoms. The first-order chi connectivity index (χ1) is 9.04. The zero-order valence-corrected chi connectivity index (χ0v) is 11.4. The number of rotatable bonds is 2. The summed E-state index contributed by atoms with van der Waals surface area (Å²) in [5.41, 5.74) is 1.43. The lowest BCUT2D eigenvalue weighted by atomic mass is 10.1. The molecule has 3 rings (SSSR count). The van der Waals surface area contributed by atoms with E-state index in [9.17, 15) is 9.50 Å². The molecule has 1 aromatic carbocycles. The predicted octanol–water partition coefficient (Wildman–Crippen LogP) is 4.33. The van der Waals surface area contributed by atoms with Crippen LogP contribution in [0.1, 0.15) is 27.2 Å². The molecular formula is C15H13FO2S. The monoisotopic (exact) mass is 276 g/mol. The number of hydrogen-bond acceptors (Lipinski definition) is 3. The van der Waals surface area contributed by atoms with Crippen LogP contribution in [-0.4, -0.2) is 5.11 Å². The minimum absolute atomic E-state index is 0.308. The van der Waals surface area contributed by atoms with Gasteiger partial charge in [0, 0.05) is 20.7 Å². The molecule has 2 heterocycles. The highest BCUT2D eigenvalue weighted by atomic mass is 32.1. The maximum Gasteiger partial charge on any atom is 0.138 e. The molecule has 0 aliphatic heterocycles. The summed E-state index contributed by atoms with van der Waals surface area (Å²) in [5, 5.41) is 11.0. The van der Waals surface area contributed by atoms with Gasteiger partial charge in [0.05, 0.1) is 0 Å². The van der Waals surface area contributed by atoms with Crippen molar-refractivity contribution in [3.63, 3.8) is 0 Å². The summed E-state index contributed by atoms with van der Waals surface area (Å²) in [4.78, 5) is 2.21. The maximum atomic E-state index is 13.1. The Morgan fingerprint density at radius 1 is 1.21 bits per heavy atom. The van der Waals surface area contributed by atoms with Crippen LogP contribution in [0.2, 0.25) is 0 Å². The summed E-state index contributed by atoms with van der Waals surface area (Å²) < 4.78 is 18.7. The third kappa shape index (κ3) is 2.17. The number of furan rings is 1. The SMILES string of the molecule is Cc1cc(C(O)c2cc3cc(F)ccc3o2)c(C)s1. The summed E-state index contributed by atoms with van der Waals surface area (Å²) >= 11 is 1.64. The van der Waals surface area contributed by atoms with Crippen LogP contribution in [0.3, 0.4) is 0 Å². The van der Waals surface area contributed by atoms with Gasteiger partial charge in [0.25, 0.3) is 0 Å². The summed E-state index contributed by atoms with van der Waals surface area (Å²) in [6.07, 6.45) is -0.805. The standard InChI is InChI=1S/C15H13FO2S/c1-8-5-12(9(2)19-8)15(17)14-7-10-6-11(16)3-4-13(10)18-14/h3-7,15,17H,1-2H3. The Morgan fingerprint density at radius 2 is 2.00 bits per heavy atom. The molecule has 0 bridgehead atoms. The molecule has 19 heavy (non-hydrogen) atoms. The summed E-state index contributed by atoms with van der Waals surface area (Å²) in [6.45, 7) is 3.97. The van der Waals surface area contributed by atoms with Crippen molar-refractivity contribution < 1.29 is 13.9 Å². The Balaban J connectivity index is 2.06. The van der Waals surface area contributed by atoms with Crippen LogP contribution in [-0.2, 0) is 0 Å². The second-order valence-electron chi connectivity index (χ2n) is 4.60. The Labute approximate surface area is 114 Å². The fraction of sp³-hybridized carbons (Fsp3) is 0.200. The highest BCUT2D eigenvalue weighted by Gasteiger charge is 2.19. The van der Waals surface area contributed by atoms with Crippen LogP contribution < -0.4 is 0 Å². The average molecular weight is 276 g/mol.